The van der Waals surface area contributed by atoms with E-state index in [-0.39, 0.29) is 0 Å². The number of hydrogen-bond acceptors (Lipinski definition) is 4. The van der Waals surface area contributed by atoms with Gasteiger partial charge >= 0.3 is 0 Å². The molecule has 0 atom stereocenters. The first kappa shape index (κ1) is 11.6. The first-order valence-corrected chi connectivity index (χ1v) is 5.85. The van der Waals surface area contributed by atoms with Crippen molar-refractivity contribution < 1.29 is 0 Å². The Bertz CT molecular complexity index is 275. The van der Waals surface area contributed by atoms with Crippen LogP contribution in [0.2, 0.25) is 0 Å². The van der Waals surface area contributed by atoms with Crippen molar-refractivity contribution in [3.63, 3.8) is 0 Å². The summed E-state index contributed by atoms with van der Waals surface area (Å²) < 4.78 is 0. The van der Waals surface area contributed by atoms with Crippen LogP contribution in [-0.4, -0.2) is 16.7 Å². The highest BCUT2D eigenvalue weighted by molar-refractivity contribution is 7.11. The van der Waals surface area contributed by atoms with Crippen LogP contribution < -0.4 is 5.32 Å². The Labute approximate surface area is 89.9 Å². The molecule has 1 heterocycles. The zero-order chi connectivity index (χ0) is 10.6. The van der Waals surface area contributed by atoms with E-state index in [4.69, 9.17) is 0 Å². The Kier molecular flexibility index (Phi) is 4.01. The van der Waals surface area contributed by atoms with Gasteiger partial charge in [-0.1, -0.05) is 27.7 Å². The van der Waals surface area contributed by atoms with Gasteiger partial charge in [0.1, 0.15) is 10.0 Å². The molecule has 0 aromatic carbocycles. The summed E-state index contributed by atoms with van der Waals surface area (Å²) in [6.45, 7) is 10.6. The van der Waals surface area contributed by atoms with Gasteiger partial charge in [-0.2, -0.15) is 0 Å². The third kappa shape index (κ3) is 4.15. The van der Waals surface area contributed by atoms with Crippen LogP contribution in [0.1, 0.15) is 37.7 Å². The minimum Gasteiger partial charge on any atom is -0.311 e. The summed E-state index contributed by atoms with van der Waals surface area (Å²) in [4.78, 5) is 0. The van der Waals surface area contributed by atoms with Crippen molar-refractivity contribution in [1.29, 1.82) is 0 Å². The second-order valence-electron chi connectivity index (χ2n) is 4.61. The van der Waals surface area contributed by atoms with Crippen molar-refractivity contribution in [2.45, 2.75) is 40.7 Å². The Morgan fingerprint density at radius 3 is 2.43 bits per heavy atom. The van der Waals surface area contributed by atoms with E-state index in [1.54, 1.807) is 11.3 Å². The molecular formula is C10H19N3S. The van der Waals surface area contributed by atoms with E-state index >= 15 is 0 Å². The van der Waals surface area contributed by atoms with E-state index in [1.165, 1.54) is 0 Å². The fourth-order valence-corrected chi connectivity index (χ4v) is 2.23. The van der Waals surface area contributed by atoms with Crippen LogP contribution in [0, 0.1) is 5.41 Å². The highest BCUT2D eigenvalue weighted by atomic mass is 32.1. The van der Waals surface area contributed by atoms with Crippen LogP contribution in [0.25, 0.3) is 0 Å². The summed E-state index contributed by atoms with van der Waals surface area (Å²) in [5.74, 6) is 0. The van der Waals surface area contributed by atoms with Gasteiger partial charge in [-0.3, -0.25) is 0 Å². The number of rotatable bonds is 4. The molecule has 0 spiro atoms. The van der Waals surface area contributed by atoms with Crippen LogP contribution >= 0.6 is 11.3 Å². The van der Waals surface area contributed by atoms with Crippen LogP contribution in [0.15, 0.2) is 0 Å². The smallest absolute Gasteiger partial charge is 0.131 e. The van der Waals surface area contributed by atoms with Crippen LogP contribution in [-0.2, 0) is 13.0 Å². The fraction of sp³-hybridized carbons (Fsp3) is 0.800. The van der Waals surface area contributed by atoms with Gasteiger partial charge in [-0.05, 0) is 12.0 Å². The summed E-state index contributed by atoms with van der Waals surface area (Å²) in [6.07, 6.45) is 1.01. The highest BCUT2D eigenvalue weighted by Gasteiger charge is 2.14. The first-order valence-electron chi connectivity index (χ1n) is 5.03. The van der Waals surface area contributed by atoms with Crippen LogP contribution in [0.3, 0.4) is 0 Å². The summed E-state index contributed by atoms with van der Waals surface area (Å²) in [5.41, 5.74) is 0.301. The maximum Gasteiger partial charge on any atom is 0.131 e. The summed E-state index contributed by atoms with van der Waals surface area (Å²) in [7, 11) is 0. The highest BCUT2D eigenvalue weighted by Crippen LogP contribution is 2.22. The molecule has 1 rings (SSSR count). The summed E-state index contributed by atoms with van der Waals surface area (Å²) in [5, 5.41) is 13.8. The maximum atomic E-state index is 4.18. The average molecular weight is 213 g/mol. The molecular weight excluding hydrogens is 194 g/mol. The Balaban J connectivity index is 2.51. The Morgan fingerprint density at radius 2 is 1.86 bits per heavy atom. The molecule has 0 amide bonds. The van der Waals surface area contributed by atoms with Crippen molar-refractivity contribution >= 4 is 11.3 Å². The molecule has 0 radical (unpaired) electrons. The molecule has 0 saturated heterocycles. The van der Waals surface area contributed by atoms with Gasteiger partial charge in [0.2, 0.25) is 0 Å². The molecule has 0 unspecified atom stereocenters. The second kappa shape index (κ2) is 4.84. The zero-order valence-corrected chi connectivity index (χ0v) is 10.2. The first-order chi connectivity index (χ1) is 6.51. The molecule has 3 nitrogen and oxygen atoms in total. The standard InChI is InChI=1S/C10H19N3S/c1-5-11-7-9-13-12-8(14-9)6-10(2,3)4/h11H,5-7H2,1-4H3. The van der Waals surface area contributed by atoms with Crippen molar-refractivity contribution in [2.24, 2.45) is 5.41 Å². The lowest BCUT2D eigenvalue weighted by atomic mass is 9.93. The molecule has 14 heavy (non-hydrogen) atoms. The average Bonchev–Trinajstić information content (AvgIpc) is 2.46. The predicted octanol–water partition coefficient (Wildman–Crippen LogP) is 2.24. The van der Waals surface area contributed by atoms with Crippen molar-refractivity contribution in [3.8, 4) is 0 Å². The molecule has 4 heteroatoms. The van der Waals surface area contributed by atoms with E-state index in [1.807, 2.05) is 0 Å². The van der Waals surface area contributed by atoms with Crippen molar-refractivity contribution in [3.05, 3.63) is 10.0 Å². The lowest BCUT2D eigenvalue weighted by molar-refractivity contribution is 0.409. The fourth-order valence-electron chi connectivity index (χ4n) is 1.12. The second-order valence-corrected chi connectivity index (χ2v) is 5.75. The SMILES string of the molecule is CCNCc1nnc(CC(C)(C)C)s1. The van der Waals surface area contributed by atoms with Gasteiger partial charge in [0.05, 0.1) is 0 Å². The molecule has 0 aliphatic rings. The summed E-state index contributed by atoms with van der Waals surface area (Å²) >= 11 is 1.71. The lowest BCUT2D eigenvalue weighted by Gasteiger charge is -2.14. The van der Waals surface area contributed by atoms with Crippen LogP contribution in [0.5, 0.6) is 0 Å². The number of nitrogens with zero attached hydrogens (tertiary/aromatic N) is 2. The molecule has 0 aliphatic carbocycles. The monoisotopic (exact) mass is 213 g/mol. The van der Waals surface area contributed by atoms with Crippen molar-refractivity contribution in [2.75, 3.05) is 6.54 Å². The van der Waals surface area contributed by atoms with E-state index in [0.717, 1.165) is 29.5 Å². The zero-order valence-electron chi connectivity index (χ0n) is 9.42. The summed E-state index contributed by atoms with van der Waals surface area (Å²) in [6, 6.07) is 0. The topological polar surface area (TPSA) is 37.8 Å². The molecule has 0 saturated carbocycles. The van der Waals surface area contributed by atoms with E-state index in [2.05, 4.69) is 43.2 Å². The molecule has 0 aliphatic heterocycles. The minimum absolute atomic E-state index is 0.301. The largest absolute Gasteiger partial charge is 0.311 e. The molecule has 1 aromatic heterocycles. The lowest BCUT2D eigenvalue weighted by Crippen LogP contribution is -2.11. The third-order valence-corrected chi connectivity index (χ3v) is 2.64. The molecule has 0 bridgehead atoms. The molecule has 80 valence electrons. The van der Waals surface area contributed by atoms with E-state index in [9.17, 15) is 0 Å². The number of nitrogens with one attached hydrogen (secondary N) is 1. The molecule has 0 fully saturated rings. The Morgan fingerprint density at radius 1 is 1.21 bits per heavy atom. The van der Waals surface area contributed by atoms with E-state index in [0.29, 0.717) is 5.41 Å². The van der Waals surface area contributed by atoms with Gasteiger partial charge in [0, 0.05) is 13.0 Å². The maximum absolute atomic E-state index is 4.18. The molecule has 1 aromatic rings. The quantitative estimate of drug-likeness (QED) is 0.833. The van der Waals surface area contributed by atoms with Crippen molar-refractivity contribution in [1.82, 2.24) is 15.5 Å². The van der Waals surface area contributed by atoms with Gasteiger partial charge in [0.25, 0.3) is 0 Å². The Hall–Kier alpha value is -0.480. The normalized spacial score (nSPS) is 12.0. The van der Waals surface area contributed by atoms with Gasteiger partial charge in [-0.25, -0.2) is 0 Å². The van der Waals surface area contributed by atoms with Crippen LogP contribution in [0.4, 0.5) is 0 Å². The van der Waals surface area contributed by atoms with E-state index < -0.39 is 0 Å². The number of hydrogen-bond donors (Lipinski definition) is 1. The van der Waals surface area contributed by atoms with Gasteiger partial charge in [0.15, 0.2) is 0 Å². The number of aromatic nitrogens is 2. The molecule has 1 N–H and O–H groups in total. The van der Waals surface area contributed by atoms with Gasteiger partial charge < -0.3 is 5.32 Å². The third-order valence-electron chi connectivity index (χ3n) is 1.72. The predicted molar refractivity (Wildman–Crippen MR) is 60.4 cm³/mol. The minimum atomic E-state index is 0.301. The van der Waals surface area contributed by atoms with Gasteiger partial charge in [-0.15, -0.1) is 21.5 Å².